The molecule has 1 aromatic carbocycles. The number of para-hydroxylation sites is 1. The number of benzene rings is 1. The summed E-state index contributed by atoms with van der Waals surface area (Å²) in [5.74, 6) is 0.535. The van der Waals surface area contributed by atoms with E-state index in [1.807, 2.05) is 36.4 Å². The molecule has 0 atom stereocenters. The predicted molar refractivity (Wildman–Crippen MR) is 68.7 cm³/mol. The van der Waals surface area contributed by atoms with Crippen LogP contribution in [0.25, 0.3) is 22.4 Å². The zero-order chi connectivity index (χ0) is 12.4. The number of nitrogens with zero attached hydrogens (tertiary/aromatic N) is 3. The van der Waals surface area contributed by atoms with Gasteiger partial charge in [0.1, 0.15) is 5.69 Å². The number of hydrogen-bond donors (Lipinski definition) is 1. The molecule has 88 valence electrons. The van der Waals surface area contributed by atoms with Gasteiger partial charge in [-0.05, 0) is 18.2 Å². The van der Waals surface area contributed by atoms with Crippen molar-refractivity contribution < 1.29 is 5.11 Å². The molecule has 0 bridgehead atoms. The van der Waals surface area contributed by atoms with Crippen LogP contribution in [-0.4, -0.2) is 20.1 Å². The van der Waals surface area contributed by atoms with Crippen molar-refractivity contribution in [3.63, 3.8) is 0 Å². The van der Waals surface area contributed by atoms with E-state index in [1.54, 1.807) is 12.3 Å². The molecule has 0 radical (unpaired) electrons. The number of fused-ring (bicyclic) bond motifs is 1. The molecule has 4 heteroatoms. The minimum Gasteiger partial charge on any atom is -0.390 e. The maximum Gasteiger partial charge on any atom is 0.178 e. The van der Waals surface area contributed by atoms with Gasteiger partial charge in [-0.3, -0.25) is 0 Å². The van der Waals surface area contributed by atoms with Gasteiger partial charge in [0, 0.05) is 11.6 Å². The molecule has 2 aromatic heterocycles. The van der Waals surface area contributed by atoms with Crippen molar-refractivity contribution in [2.75, 3.05) is 0 Å². The largest absolute Gasteiger partial charge is 0.390 e. The van der Waals surface area contributed by atoms with E-state index in [1.165, 1.54) is 0 Å². The Kier molecular flexibility index (Phi) is 2.70. The van der Waals surface area contributed by atoms with Crippen LogP contribution in [0.2, 0.25) is 0 Å². The normalized spacial score (nSPS) is 10.7. The van der Waals surface area contributed by atoms with Crippen LogP contribution in [-0.2, 0) is 6.61 Å². The van der Waals surface area contributed by atoms with Gasteiger partial charge in [0.15, 0.2) is 5.82 Å². The summed E-state index contributed by atoms with van der Waals surface area (Å²) in [4.78, 5) is 12.9. The molecule has 0 fully saturated rings. The second-order valence-electron chi connectivity index (χ2n) is 3.92. The third-order valence-electron chi connectivity index (χ3n) is 2.70. The first-order chi connectivity index (χ1) is 8.86. The Morgan fingerprint density at radius 2 is 1.83 bits per heavy atom. The van der Waals surface area contributed by atoms with Crippen molar-refractivity contribution in [3.8, 4) is 11.5 Å². The highest BCUT2D eigenvalue weighted by Crippen LogP contribution is 2.17. The molecule has 0 aliphatic heterocycles. The summed E-state index contributed by atoms with van der Waals surface area (Å²) in [6.07, 6.45) is 1.63. The van der Waals surface area contributed by atoms with E-state index in [0.29, 0.717) is 17.2 Å². The first-order valence-electron chi connectivity index (χ1n) is 5.66. The summed E-state index contributed by atoms with van der Waals surface area (Å²) in [5.41, 5.74) is 2.21. The van der Waals surface area contributed by atoms with Gasteiger partial charge in [-0.25, -0.2) is 15.0 Å². The molecule has 0 saturated heterocycles. The molecule has 3 aromatic rings. The lowest BCUT2D eigenvalue weighted by molar-refractivity contribution is 0.277. The smallest absolute Gasteiger partial charge is 0.178 e. The SMILES string of the molecule is OCc1ccnc(-c2ccc3ccccc3n2)n1. The third-order valence-corrected chi connectivity index (χ3v) is 2.70. The molecule has 0 saturated carbocycles. The fraction of sp³-hybridized carbons (Fsp3) is 0.0714. The van der Waals surface area contributed by atoms with Crippen molar-refractivity contribution in [2.24, 2.45) is 0 Å². The first kappa shape index (κ1) is 10.8. The average Bonchev–Trinajstić information content (AvgIpc) is 2.47. The molecular formula is C14H11N3O. The number of aliphatic hydroxyl groups is 1. The minimum absolute atomic E-state index is 0.0941. The Labute approximate surface area is 104 Å². The maximum absolute atomic E-state index is 9.07. The standard InChI is InChI=1S/C14H11N3O/c18-9-11-7-8-15-14(16-11)13-6-5-10-3-1-2-4-12(10)17-13/h1-8,18H,9H2. The minimum atomic E-state index is -0.0941. The monoisotopic (exact) mass is 237 g/mol. The van der Waals surface area contributed by atoms with Crippen molar-refractivity contribution in [3.05, 3.63) is 54.4 Å². The first-order valence-corrected chi connectivity index (χ1v) is 5.66. The second kappa shape index (κ2) is 4.50. The Bertz CT molecular complexity index is 697. The Morgan fingerprint density at radius 1 is 0.944 bits per heavy atom. The number of aliphatic hydroxyl groups excluding tert-OH is 1. The van der Waals surface area contributed by atoms with Gasteiger partial charge < -0.3 is 5.11 Å². The molecular weight excluding hydrogens is 226 g/mol. The summed E-state index contributed by atoms with van der Waals surface area (Å²) in [6, 6.07) is 13.5. The lowest BCUT2D eigenvalue weighted by Crippen LogP contribution is -1.96. The fourth-order valence-corrected chi connectivity index (χ4v) is 1.80. The summed E-state index contributed by atoms with van der Waals surface area (Å²) < 4.78 is 0. The van der Waals surface area contributed by atoms with Gasteiger partial charge in [-0.15, -0.1) is 0 Å². The van der Waals surface area contributed by atoms with Gasteiger partial charge in [0.05, 0.1) is 17.8 Å². The second-order valence-corrected chi connectivity index (χ2v) is 3.92. The molecule has 1 N–H and O–H groups in total. The molecule has 18 heavy (non-hydrogen) atoms. The summed E-state index contributed by atoms with van der Waals surface area (Å²) >= 11 is 0. The van der Waals surface area contributed by atoms with Crippen molar-refractivity contribution in [1.29, 1.82) is 0 Å². The van der Waals surface area contributed by atoms with E-state index in [9.17, 15) is 0 Å². The van der Waals surface area contributed by atoms with Crippen LogP contribution in [0.4, 0.5) is 0 Å². The topological polar surface area (TPSA) is 58.9 Å². The molecule has 4 nitrogen and oxygen atoms in total. The lowest BCUT2D eigenvalue weighted by atomic mass is 10.2. The molecule has 0 unspecified atom stereocenters. The van der Waals surface area contributed by atoms with Crippen LogP contribution >= 0.6 is 0 Å². The van der Waals surface area contributed by atoms with Gasteiger partial charge in [0.25, 0.3) is 0 Å². The summed E-state index contributed by atoms with van der Waals surface area (Å²) in [7, 11) is 0. The predicted octanol–water partition coefficient (Wildman–Crippen LogP) is 2.18. The van der Waals surface area contributed by atoms with E-state index >= 15 is 0 Å². The molecule has 0 aliphatic carbocycles. The number of aromatic nitrogens is 3. The zero-order valence-corrected chi connectivity index (χ0v) is 9.61. The van der Waals surface area contributed by atoms with Crippen molar-refractivity contribution in [1.82, 2.24) is 15.0 Å². The molecule has 0 spiro atoms. The lowest BCUT2D eigenvalue weighted by Gasteiger charge is -2.03. The van der Waals surface area contributed by atoms with Crippen LogP contribution in [0, 0.1) is 0 Å². The molecule has 3 rings (SSSR count). The van der Waals surface area contributed by atoms with E-state index < -0.39 is 0 Å². The van der Waals surface area contributed by atoms with Crippen LogP contribution in [0.5, 0.6) is 0 Å². The number of hydrogen-bond acceptors (Lipinski definition) is 4. The van der Waals surface area contributed by atoms with Crippen LogP contribution in [0.1, 0.15) is 5.69 Å². The van der Waals surface area contributed by atoms with E-state index in [0.717, 1.165) is 10.9 Å². The summed E-state index contributed by atoms with van der Waals surface area (Å²) in [6.45, 7) is -0.0941. The van der Waals surface area contributed by atoms with Crippen LogP contribution < -0.4 is 0 Å². The Hall–Kier alpha value is -2.33. The Balaban J connectivity index is 2.13. The highest BCUT2D eigenvalue weighted by molar-refractivity contribution is 5.80. The zero-order valence-electron chi connectivity index (χ0n) is 9.61. The summed E-state index contributed by atoms with van der Waals surface area (Å²) in [5, 5.41) is 10.2. The van der Waals surface area contributed by atoms with Crippen molar-refractivity contribution in [2.45, 2.75) is 6.61 Å². The van der Waals surface area contributed by atoms with Gasteiger partial charge >= 0.3 is 0 Å². The maximum atomic E-state index is 9.07. The van der Waals surface area contributed by atoms with E-state index in [4.69, 9.17) is 5.11 Å². The fourth-order valence-electron chi connectivity index (χ4n) is 1.80. The van der Waals surface area contributed by atoms with E-state index in [2.05, 4.69) is 15.0 Å². The number of pyridine rings is 1. The van der Waals surface area contributed by atoms with Gasteiger partial charge in [-0.2, -0.15) is 0 Å². The average molecular weight is 237 g/mol. The Morgan fingerprint density at radius 3 is 2.72 bits per heavy atom. The molecule has 0 aliphatic rings. The van der Waals surface area contributed by atoms with E-state index in [-0.39, 0.29) is 6.61 Å². The number of rotatable bonds is 2. The van der Waals surface area contributed by atoms with Gasteiger partial charge in [-0.1, -0.05) is 24.3 Å². The van der Waals surface area contributed by atoms with Crippen LogP contribution in [0.3, 0.4) is 0 Å². The molecule has 2 heterocycles. The quantitative estimate of drug-likeness (QED) is 0.742. The van der Waals surface area contributed by atoms with Crippen LogP contribution in [0.15, 0.2) is 48.7 Å². The highest BCUT2D eigenvalue weighted by atomic mass is 16.3. The highest BCUT2D eigenvalue weighted by Gasteiger charge is 2.04. The molecule has 0 amide bonds. The van der Waals surface area contributed by atoms with Crippen molar-refractivity contribution >= 4 is 10.9 Å². The van der Waals surface area contributed by atoms with Gasteiger partial charge in [0.2, 0.25) is 0 Å². The third kappa shape index (κ3) is 1.94.